The number of hydrogen-bond donors (Lipinski definition) is 0. The Bertz CT molecular complexity index is 407. The summed E-state index contributed by atoms with van der Waals surface area (Å²) in [5.74, 6) is 0.0803. The van der Waals surface area contributed by atoms with Gasteiger partial charge < -0.3 is 9.64 Å². The van der Waals surface area contributed by atoms with Gasteiger partial charge in [-0.3, -0.25) is 4.79 Å². The van der Waals surface area contributed by atoms with Crippen LogP contribution in [-0.4, -0.2) is 36.6 Å². The van der Waals surface area contributed by atoms with Crippen LogP contribution in [0.2, 0.25) is 0 Å². The molecule has 3 heteroatoms. The average Bonchev–Trinajstić information content (AvgIpc) is 2.46. The summed E-state index contributed by atoms with van der Waals surface area (Å²) in [5.41, 5.74) is 1.65. The lowest BCUT2D eigenvalue weighted by Crippen LogP contribution is -2.39. The van der Waals surface area contributed by atoms with Gasteiger partial charge in [0.05, 0.1) is 6.10 Å². The highest BCUT2D eigenvalue weighted by Gasteiger charge is 2.21. The molecule has 1 amide bonds. The van der Waals surface area contributed by atoms with Gasteiger partial charge >= 0.3 is 0 Å². The third kappa shape index (κ3) is 3.80. The van der Waals surface area contributed by atoms with Crippen LogP contribution in [0, 0.1) is 6.92 Å². The summed E-state index contributed by atoms with van der Waals surface area (Å²) in [6, 6.07) is 7.43. The fourth-order valence-corrected chi connectivity index (χ4v) is 2.38. The lowest BCUT2D eigenvalue weighted by atomic mass is 10.1. The molecule has 1 atom stereocenters. The van der Waals surface area contributed by atoms with Gasteiger partial charge in [0.15, 0.2) is 0 Å². The Morgan fingerprint density at radius 3 is 2.68 bits per heavy atom. The lowest BCUT2D eigenvalue weighted by molar-refractivity contribution is -0.00311. The highest BCUT2D eigenvalue weighted by Crippen LogP contribution is 2.15. The Morgan fingerprint density at radius 2 is 2.11 bits per heavy atom. The van der Waals surface area contributed by atoms with Crippen LogP contribution in [0.15, 0.2) is 24.3 Å². The molecule has 0 bridgehead atoms. The highest BCUT2D eigenvalue weighted by molar-refractivity contribution is 5.94. The number of rotatable bonds is 4. The summed E-state index contributed by atoms with van der Waals surface area (Å²) in [4.78, 5) is 14.3. The van der Waals surface area contributed by atoms with Crippen molar-refractivity contribution in [2.45, 2.75) is 32.3 Å². The fraction of sp³-hybridized carbons (Fsp3) is 0.500. The smallest absolute Gasteiger partial charge is 0.253 e. The minimum atomic E-state index is 0.0803. The van der Waals surface area contributed by atoms with Crippen LogP contribution in [0.4, 0.5) is 0 Å². The second-order valence-corrected chi connectivity index (χ2v) is 5.03. The Hall–Kier alpha value is -1.35. The quantitative estimate of drug-likeness (QED) is 0.833. The van der Waals surface area contributed by atoms with Gasteiger partial charge in [-0.25, -0.2) is 0 Å². The van der Waals surface area contributed by atoms with Gasteiger partial charge in [-0.1, -0.05) is 12.1 Å². The van der Waals surface area contributed by atoms with E-state index >= 15 is 0 Å². The van der Waals surface area contributed by atoms with Crippen LogP contribution >= 0.6 is 0 Å². The van der Waals surface area contributed by atoms with E-state index in [4.69, 9.17) is 4.74 Å². The number of carbonyl (C=O) groups excluding carboxylic acids is 1. The summed E-state index contributed by atoms with van der Waals surface area (Å²) in [6.07, 6.45) is 3.60. The minimum absolute atomic E-state index is 0.0803. The number of benzene rings is 1. The zero-order valence-corrected chi connectivity index (χ0v) is 11.6. The fourth-order valence-electron chi connectivity index (χ4n) is 2.38. The molecule has 1 fully saturated rings. The van der Waals surface area contributed by atoms with Crippen LogP contribution in [-0.2, 0) is 4.74 Å². The number of hydrogen-bond acceptors (Lipinski definition) is 2. The van der Waals surface area contributed by atoms with E-state index in [0.29, 0.717) is 13.1 Å². The van der Waals surface area contributed by atoms with E-state index in [2.05, 4.69) is 6.92 Å². The van der Waals surface area contributed by atoms with Gasteiger partial charge in [-0.15, -0.1) is 0 Å². The molecule has 1 unspecified atom stereocenters. The molecule has 1 radical (unpaired) electrons. The van der Waals surface area contributed by atoms with Crippen molar-refractivity contribution < 1.29 is 9.53 Å². The van der Waals surface area contributed by atoms with Gasteiger partial charge in [-0.2, -0.15) is 0 Å². The third-order valence-corrected chi connectivity index (χ3v) is 3.57. The molecule has 1 aromatic carbocycles. The maximum Gasteiger partial charge on any atom is 0.253 e. The monoisotopic (exact) mass is 260 g/mol. The average molecular weight is 260 g/mol. The summed E-state index contributed by atoms with van der Waals surface area (Å²) < 4.78 is 5.71. The Kier molecular flexibility index (Phi) is 4.97. The van der Waals surface area contributed by atoms with Crippen molar-refractivity contribution in [1.29, 1.82) is 0 Å². The van der Waals surface area contributed by atoms with Gasteiger partial charge in [0.2, 0.25) is 0 Å². The van der Waals surface area contributed by atoms with Crippen molar-refractivity contribution in [3.8, 4) is 0 Å². The predicted octanol–water partition coefficient (Wildman–Crippen LogP) is 2.90. The van der Waals surface area contributed by atoms with Crippen LogP contribution < -0.4 is 0 Å². The van der Waals surface area contributed by atoms with Gasteiger partial charge in [0.1, 0.15) is 0 Å². The van der Waals surface area contributed by atoms with Crippen LogP contribution in [0.1, 0.15) is 42.1 Å². The summed E-state index contributed by atoms with van der Waals surface area (Å²) in [6.45, 7) is 8.08. The molecule has 1 saturated heterocycles. The van der Waals surface area contributed by atoms with E-state index in [9.17, 15) is 4.79 Å². The zero-order valence-electron chi connectivity index (χ0n) is 11.6. The number of likely N-dealkylation sites (N-methyl/N-ethyl adjacent to an activating group) is 1. The molecule has 0 aliphatic carbocycles. The van der Waals surface area contributed by atoms with E-state index < -0.39 is 0 Å². The molecule has 0 N–H and O–H groups in total. The van der Waals surface area contributed by atoms with Crippen LogP contribution in [0.25, 0.3) is 0 Å². The minimum Gasteiger partial charge on any atom is -0.376 e. The molecule has 3 nitrogen and oxygen atoms in total. The first kappa shape index (κ1) is 14.1. The molecular formula is C16H22NO2. The van der Waals surface area contributed by atoms with E-state index in [0.717, 1.165) is 30.6 Å². The standard InChI is InChI=1S/C16H22NO2/c1-3-17(12-15-6-4-5-11-19-15)16(18)14-9-7-13(2)8-10-14/h7-10,15H,2-6,11-12H2,1H3. The van der Waals surface area contributed by atoms with Crippen LogP contribution in [0.5, 0.6) is 0 Å². The predicted molar refractivity (Wildman–Crippen MR) is 76.1 cm³/mol. The summed E-state index contributed by atoms with van der Waals surface area (Å²) in [7, 11) is 0. The first-order valence-electron chi connectivity index (χ1n) is 7.03. The molecule has 0 aromatic heterocycles. The maximum atomic E-state index is 12.4. The Balaban J connectivity index is 1.99. The number of nitrogens with zero attached hydrogens (tertiary/aromatic N) is 1. The normalized spacial score (nSPS) is 19.2. The van der Waals surface area contributed by atoms with Crippen molar-refractivity contribution in [1.82, 2.24) is 4.90 Å². The van der Waals surface area contributed by atoms with Gasteiger partial charge in [0.25, 0.3) is 5.91 Å². The molecule has 1 aromatic rings. The SMILES string of the molecule is [CH2]c1ccc(C(=O)N(CC)CC2CCCCO2)cc1. The topological polar surface area (TPSA) is 29.5 Å². The van der Waals surface area contributed by atoms with E-state index in [1.165, 1.54) is 6.42 Å². The zero-order chi connectivity index (χ0) is 13.7. The molecular weight excluding hydrogens is 238 g/mol. The Labute approximate surface area is 115 Å². The van der Waals surface area contributed by atoms with Crippen LogP contribution in [0.3, 0.4) is 0 Å². The van der Waals surface area contributed by atoms with E-state index in [1.54, 1.807) is 0 Å². The summed E-state index contributed by atoms with van der Waals surface area (Å²) >= 11 is 0. The second kappa shape index (κ2) is 6.71. The van der Waals surface area contributed by atoms with Crippen molar-refractivity contribution >= 4 is 5.91 Å². The van der Waals surface area contributed by atoms with Crippen molar-refractivity contribution in [3.05, 3.63) is 42.3 Å². The number of carbonyl (C=O) groups is 1. The molecule has 0 spiro atoms. The number of ether oxygens (including phenoxy) is 1. The lowest BCUT2D eigenvalue weighted by Gasteiger charge is -2.29. The molecule has 0 saturated carbocycles. The molecule has 19 heavy (non-hydrogen) atoms. The maximum absolute atomic E-state index is 12.4. The first-order valence-corrected chi connectivity index (χ1v) is 7.03. The van der Waals surface area contributed by atoms with E-state index in [1.807, 2.05) is 36.1 Å². The van der Waals surface area contributed by atoms with E-state index in [-0.39, 0.29) is 12.0 Å². The van der Waals surface area contributed by atoms with Crippen molar-refractivity contribution in [3.63, 3.8) is 0 Å². The Morgan fingerprint density at radius 1 is 1.37 bits per heavy atom. The summed E-state index contributed by atoms with van der Waals surface area (Å²) in [5, 5.41) is 0. The van der Waals surface area contributed by atoms with Crippen molar-refractivity contribution in [2.75, 3.05) is 19.7 Å². The second-order valence-electron chi connectivity index (χ2n) is 5.03. The molecule has 1 aliphatic heterocycles. The third-order valence-electron chi connectivity index (χ3n) is 3.57. The van der Waals surface area contributed by atoms with Crippen molar-refractivity contribution in [2.24, 2.45) is 0 Å². The molecule has 103 valence electrons. The number of amides is 1. The largest absolute Gasteiger partial charge is 0.376 e. The van der Waals surface area contributed by atoms with Gasteiger partial charge in [0, 0.05) is 25.3 Å². The molecule has 2 rings (SSSR count). The van der Waals surface area contributed by atoms with Gasteiger partial charge in [-0.05, 0) is 50.8 Å². The first-order chi connectivity index (χ1) is 9.20. The highest BCUT2D eigenvalue weighted by atomic mass is 16.5. The molecule has 1 aliphatic rings. The molecule has 1 heterocycles.